The number of nitrogens with one attached hydrogen (secondary N) is 1. The van der Waals surface area contributed by atoms with Gasteiger partial charge in [-0.05, 0) is 18.4 Å². The Morgan fingerprint density at radius 1 is 1.14 bits per heavy atom. The van der Waals surface area contributed by atoms with Gasteiger partial charge in [0.25, 0.3) is 0 Å². The maximum Gasteiger partial charge on any atom is 0.243 e. The van der Waals surface area contributed by atoms with Crippen LogP contribution in [0.15, 0.2) is 47.4 Å². The van der Waals surface area contributed by atoms with E-state index in [0.29, 0.717) is 11.9 Å². The van der Waals surface area contributed by atoms with Crippen LogP contribution in [0, 0.1) is 0 Å². The molecular formula is C15H18N2O3S. The Balaban J connectivity index is 2.40. The predicted octanol–water partition coefficient (Wildman–Crippen LogP) is 1.60. The monoisotopic (exact) mass is 306 g/mol. The molecule has 6 heteroatoms. The Kier molecular flexibility index (Phi) is 4.59. The second-order valence-corrected chi connectivity index (χ2v) is 6.71. The minimum Gasteiger partial charge on any atom is -0.355 e. The van der Waals surface area contributed by atoms with Crippen LogP contribution in [0.25, 0.3) is 10.8 Å². The number of fused-ring (bicyclic) bond motifs is 1. The fourth-order valence-corrected chi connectivity index (χ4v) is 3.47. The summed E-state index contributed by atoms with van der Waals surface area (Å²) in [5.74, 6) is -0.316. The summed E-state index contributed by atoms with van der Waals surface area (Å²) in [6, 6.07) is 12.4. The molecule has 0 unspecified atom stereocenters. The highest BCUT2D eigenvalue weighted by molar-refractivity contribution is 7.89. The predicted molar refractivity (Wildman–Crippen MR) is 82.4 cm³/mol. The molecule has 0 aliphatic rings. The van der Waals surface area contributed by atoms with Crippen molar-refractivity contribution >= 4 is 26.7 Å². The Bertz CT molecular complexity index is 751. The molecule has 0 saturated heterocycles. The SMILES string of the molecule is CCNC(=O)CN(C)S(=O)(=O)c1cccc2ccccc12. The molecule has 1 amide bonds. The molecule has 2 rings (SSSR count). The Labute approximate surface area is 124 Å². The third-order valence-electron chi connectivity index (χ3n) is 3.18. The number of nitrogens with zero attached hydrogens (tertiary/aromatic N) is 1. The minimum absolute atomic E-state index is 0.195. The van der Waals surface area contributed by atoms with Gasteiger partial charge in [0.2, 0.25) is 15.9 Å². The molecule has 112 valence electrons. The third-order valence-corrected chi connectivity index (χ3v) is 5.04. The Morgan fingerprint density at radius 3 is 2.52 bits per heavy atom. The topological polar surface area (TPSA) is 66.5 Å². The maximum absolute atomic E-state index is 12.6. The molecule has 0 saturated carbocycles. The lowest BCUT2D eigenvalue weighted by atomic mass is 10.1. The molecule has 0 fully saturated rings. The van der Waals surface area contributed by atoms with Crippen LogP contribution >= 0.6 is 0 Å². The summed E-state index contributed by atoms with van der Waals surface area (Å²) < 4.78 is 26.3. The van der Waals surface area contributed by atoms with Crippen LogP contribution in [0.4, 0.5) is 0 Å². The average Bonchev–Trinajstić information content (AvgIpc) is 2.46. The van der Waals surface area contributed by atoms with Gasteiger partial charge in [0.15, 0.2) is 0 Å². The maximum atomic E-state index is 12.6. The van der Waals surface area contributed by atoms with E-state index in [0.717, 1.165) is 9.69 Å². The molecule has 2 aromatic carbocycles. The summed E-state index contributed by atoms with van der Waals surface area (Å²) in [6.07, 6.45) is 0. The smallest absolute Gasteiger partial charge is 0.243 e. The summed E-state index contributed by atoms with van der Waals surface area (Å²) in [6.45, 7) is 2.07. The second kappa shape index (κ2) is 6.24. The molecule has 21 heavy (non-hydrogen) atoms. The zero-order valence-electron chi connectivity index (χ0n) is 12.0. The standard InChI is InChI=1S/C15H18N2O3S/c1-3-16-15(18)11-17(2)21(19,20)14-10-6-8-12-7-4-5-9-13(12)14/h4-10H,3,11H2,1-2H3,(H,16,18). The highest BCUT2D eigenvalue weighted by Gasteiger charge is 2.24. The zero-order chi connectivity index (χ0) is 15.5. The van der Waals surface area contributed by atoms with Crippen molar-refractivity contribution in [1.29, 1.82) is 0 Å². The van der Waals surface area contributed by atoms with Gasteiger partial charge in [-0.3, -0.25) is 4.79 Å². The van der Waals surface area contributed by atoms with Gasteiger partial charge < -0.3 is 5.32 Å². The van der Waals surface area contributed by atoms with E-state index in [1.165, 1.54) is 7.05 Å². The molecule has 1 N–H and O–H groups in total. The Morgan fingerprint density at radius 2 is 1.81 bits per heavy atom. The molecule has 0 spiro atoms. The van der Waals surface area contributed by atoms with E-state index in [2.05, 4.69) is 5.32 Å². The summed E-state index contributed by atoms with van der Waals surface area (Å²) in [5, 5.41) is 4.10. The quantitative estimate of drug-likeness (QED) is 0.912. The molecule has 2 aromatic rings. The lowest BCUT2D eigenvalue weighted by Crippen LogP contribution is -2.38. The van der Waals surface area contributed by atoms with E-state index in [1.807, 2.05) is 18.2 Å². The first-order valence-electron chi connectivity index (χ1n) is 6.67. The number of hydrogen-bond donors (Lipinski definition) is 1. The largest absolute Gasteiger partial charge is 0.355 e. The molecule has 0 atom stereocenters. The Hall–Kier alpha value is -1.92. The van der Waals surface area contributed by atoms with Gasteiger partial charge in [0.1, 0.15) is 0 Å². The van der Waals surface area contributed by atoms with Crippen LogP contribution in [0.5, 0.6) is 0 Å². The summed E-state index contributed by atoms with van der Waals surface area (Å²) in [5.41, 5.74) is 0. The van der Waals surface area contributed by atoms with Crippen LogP contribution in [0.3, 0.4) is 0 Å². The second-order valence-electron chi connectivity index (χ2n) is 4.69. The molecule has 0 radical (unpaired) electrons. The summed E-state index contributed by atoms with van der Waals surface area (Å²) in [7, 11) is -2.30. The lowest BCUT2D eigenvalue weighted by Gasteiger charge is -2.17. The number of rotatable bonds is 5. The van der Waals surface area contributed by atoms with Crippen molar-refractivity contribution in [2.45, 2.75) is 11.8 Å². The molecule has 0 bridgehead atoms. The highest BCUT2D eigenvalue weighted by atomic mass is 32.2. The number of carbonyl (C=O) groups is 1. The van der Waals surface area contributed by atoms with Crippen LogP contribution in [-0.2, 0) is 14.8 Å². The van der Waals surface area contributed by atoms with E-state index in [4.69, 9.17) is 0 Å². The van der Waals surface area contributed by atoms with Crippen molar-refractivity contribution in [3.63, 3.8) is 0 Å². The fourth-order valence-electron chi connectivity index (χ4n) is 2.13. The van der Waals surface area contributed by atoms with Crippen LogP contribution < -0.4 is 5.32 Å². The first-order valence-corrected chi connectivity index (χ1v) is 8.11. The summed E-state index contributed by atoms with van der Waals surface area (Å²) >= 11 is 0. The number of benzene rings is 2. The molecule has 0 aliphatic heterocycles. The van der Waals surface area contributed by atoms with E-state index < -0.39 is 10.0 Å². The van der Waals surface area contributed by atoms with Gasteiger partial charge in [0.05, 0.1) is 11.4 Å². The van der Waals surface area contributed by atoms with Crippen LogP contribution in [-0.4, -0.2) is 38.8 Å². The first kappa shape index (κ1) is 15.5. The molecule has 0 aromatic heterocycles. The number of likely N-dealkylation sites (N-methyl/N-ethyl adjacent to an activating group) is 2. The number of hydrogen-bond acceptors (Lipinski definition) is 3. The molecular weight excluding hydrogens is 288 g/mol. The van der Waals surface area contributed by atoms with Crippen LogP contribution in [0.1, 0.15) is 6.92 Å². The first-order chi connectivity index (χ1) is 9.96. The molecule has 5 nitrogen and oxygen atoms in total. The van der Waals surface area contributed by atoms with Gasteiger partial charge >= 0.3 is 0 Å². The highest BCUT2D eigenvalue weighted by Crippen LogP contribution is 2.24. The lowest BCUT2D eigenvalue weighted by molar-refractivity contribution is -0.121. The normalized spacial score (nSPS) is 11.8. The molecule has 0 heterocycles. The van der Waals surface area contributed by atoms with Crippen LogP contribution in [0.2, 0.25) is 0 Å². The number of sulfonamides is 1. The zero-order valence-corrected chi connectivity index (χ0v) is 12.9. The van der Waals surface area contributed by atoms with Gasteiger partial charge in [-0.2, -0.15) is 4.31 Å². The van der Waals surface area contributed by atoms with Gasteiger partial charge in [-0.1, -0.05) is 36.4 Å². The van der Waals surface area contributed by atoms with E-state index in [-0.39, 0.29) is 17.3 Å². The van der Waals surface area contributed by atoms with Gasteiger partial charge in [0, 0.05) is 19.0 Å². The average molecular weight is 306 g/mol. The van der Waals surface area contributed by atoms with Crippen molar-refractivity contribution in [3.05, 3.63) is 42.5 Å². The van der Waals surface area contributed by atoms with Crippen molar-refractivity contribution in [1.82, 2.24) is 9.62 Å². The van der Waals surface area contributed by atoms with E-state index in [1.54, 1.807) is 31.2 Å². The van der Waals surface area contributed by atoms with Gasteiger partial charge in [-0.15, -0.1) is 0 Å². The van der Waals surface area contributed by atoms with E-state index in [9.17, 15) is 13.2 Å². The molecule has 0 aliphatic carbocycles. The number of carbonyl (C=O) groups excluding carboxylic acids is 1. The third kappa shape index (κ3) is 3.22. The van der Waals surface area contributed by atoms with Crippen molar-refractivity contribution < 1.29 is 13.2 Å². The van der Waals surface area contributed by atoms with Crippen molar-refractivity contribution in [2.75, 3.05) is 20.1 Å². The van der Waals surface area contributed by atoms with Crippen molar-refractivity contribution in [2.24, 2.45) is 0 Å². The van der Waals surface area contributed by atoms with E-state index >= 15 is 0 Å². The summed E-state index contributed by atoms with van der Waals surface area (Å²) in [4.78, 5) is 11.8. The number of amides is 1. The van der Waals surface area contributed by atoms with Gasteiger partial charge in [-0.25, -0.2) is 8.42 Å². The van der Waals surface area contributed by atoms with Crippen molar-refractivity contribution in [3.8, 4) is 0 Å². The fraction of sp³-hybridized carbons (Fsp3) is 0.267. The minimum atomic E-state index is -3.71.